The van der Waals surface area contributed by atoms with E-state index in [0.717, 1.165) is 0 Å². The van der Waals surface area contributed by atoms with Crippen LogP contribution in [0.3, 0.4) is 0 Å². The van der Waals surface area contributed by atoms with Gasteiger partial charge in [0.1, 0.15) is 11.4 Å². The fraction of sp³-hybridized carbons (Fsp3) is 0.385. The van der Waals surface area contributed by atoms with Crippen molar-refractivity contribution >= 4 is 5.91 Å². The Morgan fingerprint density at radius 1 is 1.59 bits per heavy atom. The molecule has 0 fully saturated rings. The van der Waals surface area contributed by atoms with E-state index in [1.54, 1.807) is 32.9 Å². The Morgan fingerprint density at radius 2 is 2.24 bits per heavy atom. The van der Waals surface area contributed by atoms with Crippen molar-refractivity contribution in [2.75, 3.05) is 0 Å². The molecule has 0 bridgehead atoms. The third kappa shape index (κ3) is 2.82. The highest BCUT2D eigenvalue weighted by Crippen LogP contribution is 2.14. The van der Waals surface area contributed by atoms with Crippen LogP contribution < -0.4 is 5.32 Å². The topological polar surface area (TPSA) is 52.9 Å². The number of nitriles is 1. The molecule has 90 valence electrons. The van der Waals surface area contributed by atoms with E-state index in [4.69, 9.17) is 5.26 Å². The van der Waals surface area contributed by atoms with Gasteiger partial charge in [-0.3, -0.25) is 4.79 Å². The third-order valence-electron chi connectivity index (χ3n) is 2.78. The highest BCUT2D eigenvalue weighted by molar-refractivity contribution is 5.95. The van der Waals surface area contributed by atoms with Gasteiger partial charge in [0, 0.05) is 0 Å². The Bertz CT molecular complexity index is 479. The largest absolute Gasteiger partial charge is 0.334 e. The number of halogens is 1. The lowest BCUT2D eigenvalue weighted by atomic mass is 10.00. The quantitative estimate of drug-likeness (QED) is 0.873. The molecule has 4 heteroatoms. The standard InChI is InChI=1S/C13H15FN2O/c1-4-13(3,8-15)16-12(17)10-7-5-6-9(2)11(10)14/h5-7H,4H2,1-3H3,(H,16,17). The molecule has 0 radical (unpaired) electrons. The van der Waals surface area contributed by atoms with Crippen LogP contribution in [0.15, 0.2) is 18.2 Å². The van der Waals surface area contributed by atoms with Crippen LogP contribution in [0.5, 0.6) is 0 Å². The minimum Gasteiger partial charge on any atom is -0.334 e. The van der Waals surface area contributed by atoms with Crippen molar-refractivity contribution in [3.63, 3.8) is 0 Å². The average molecular weight is 234 g/mol. The smallest absolute Gasteiger partial charge is 0.255 e. The lowest BCUT2D eigenvalue weighted by molar-refractivity contribution is 0.0918. The summed E-state index contributed by atoms with van der Waals surface area (Å²) in [6, 6.07) is 6.62. The molecule has 0 aromatic heterocycles. The van der Waals surface area contributed by atoms with E-state index in [9.17, 15) is 9.18 Å². The Balaban J connectivity index is 2.99. The summed E-state index contributed by atoms with van der Waals surface area (Å²) < 4.78 is 13.7. The zero-order chi connectivity index (χ0) is 13.1. The van der Waals surface area contributed by atoms with Crippen molar-refractivity contribution in [2.24, 2.45) is 0 Å². The van der Waals surface area contributed by atoms with Crippen LogP contribution in [0.2, 0.25) is 0 Å². The SMILES string of the molecule is CCC(C)(C#N)NC(=O)c1cccc(C)c1F. The minimum absolute atomic E-state index is 0.0278. The van der Waals surface area contributed by atoms with Crippen LogP contribution >= 0.6 is 0 Å². The van der Waals surface area contributed by atoms with Crippen LogP contribution in [-0.2, 0) is 0 Å². The Labute approximate surface area is 100 Å². The predicted molar refractivity (Wildman–Crippen MR) is 62.9 cm³/mol. The van der Waals surface area contributed by atoms with Crippen LogP contribution in [0, 0.1) is 24.1 Å². The van der Waals surface area contributed by atoms with Gasteiger partial charge in [-0.25, -0.2) is 4.39 Å². The maximum Gasteiger partial charge on any atom is 0.255 e. The fourth-order valence-electron chi connectivity index (χ4n) is 1.34. The molecule has 1 N–H and O–H groups in total. The lowest BCUT2D eigenvalue weighted by Gasteiger charge is -2.21. The normalized spacial score (nSPS) is 13.6. The van der Waals surface area contributed by atoms with E-state index in [1.165, 1.54) is 6.07 Å². The number of carbonyl (C=O) groups excluding carboxylic acids is 1. The first-order chi connectivity index (χ1) is 7.93. The highest BCUT2D eigenvalue weighted by Gasteiger charge is 2.25. The van der Waals surface area contributed by atoms with E-state index in [0.29, 0.717) is 12.0 Å². The van der Waals surface area contributed by atoms with Crippen molar-refractivity contribution in [3.05, 3.63) is 35.1 Å². The number of hydrogen-bond acceptors (Lipinski definition) is 2. The molecule has 0 aliphatic rings. The molecule has 0 heterocycles. The summed E-state index contributed by atoms with van der Waals surface area (Å²) >= 11 is 0. The number of aryl methyl sites for hydroxylation is 1. The second kappa shape index (κ2) is 4.96. The Kier molecular flexibility index (Phi) is 3.84. The molecular weight excluding hydrogens is 219 g/mol. The average Bonchev–Trinajstić information content (AvgIpc) is 2.32. The van der Waals surface area contributed by atoms with Crippen LogP contribution in [0.1, 0.15) is 36.2 Å². The molecule has 1 atom stereocenters. The maximum absolute atomic E-state index is 13.7. The number of benzene rings is 1. The van der Waals surface area contributed by atoms with E-state index >= 15 is 0 Å². The summed E-state index contributed by atoms with van der Waals surface area (Å²) in [4.78, 5) is 11.8. The number of nitrogens with one attached hydrogen (secondary N) is 1. The molecule has 0 spiro atoms. The first kappa shape index (κ1) is 13.2. The van der Waals surface area contributed by atoms with Crippen molar-refractivity contribution in [1.29, 1.82) is 5.26 Å². The monoisotopic (exact) mass is 234 g/mol. The summed E-state index contributed by atoms with van der Waals surface area (Å²) in [5.41, 5.74) is -0.583. The number of hydrogen-bond donors (Lipinski definition) is 1. The van der Waals surface area contributed by atoms with Gasteiger partial charge in [-0.05, 0) is 31.9 Å². The number of rotatable bonds is 3. The molecule has 1 amide bonds. The van der Waals surface area contributed by atoms with Crippen molar-refractivity contribution in [2.45, 2.75) is 32.7 Å². The molecule has 0 aliphatic carbocycles. The molecule has 1 aromatic rings. The van der Waals surface area contributed by atoms with E-state index in [-0.39, 0.29) is 5.56 Å². The Morgan fingerprint density at radius 3 is 2.76 bits per heavy atom. The molecule has 0 aliphatic heterocycles. The van der Waals surface area contributed by atoms with Gasteiger partial charge < -0.3 is 5.32 Å². The fourth-order valence-corrected chi connectivity index (χ4v) is 1.34. The number of carbonyl (C=O) groups is 1. The first-order valence-electron chi connectivity index (χ1n) is 5.42. The molecular formula is C13H15FN2O. The lowest BCUT2D eigenvalue weighted by Crippen LogP contribution is -2.44. The second-order valence-electron chi connectivity index (χ2n) is 4.19. The van der Waals surface area contributed by atoms with Gasteiger partial charge >= 0.3 is 0 Å². The molecule has 0 saturated heterocycles. The molecule has 17 heavy (non-hydrogen) atoms. The van der Waals surface area contributed by atoms with E-state index in [1.807, 2.05) is 6.07 Å². The van der Waals surface area contributed by atoms with Gasteiger partial charge in [-0.15, -0.1) is 0 Å². The van der Waals surface area contributed by atoms with Crippen molar-refractivity contribution in [3.8, 4) is 6.07 Å². The molecule has 1 rings (SSSR count). The third-order valence-corrected chi connectivity index (χ3v) is 2.78. The molecule has 0 saturated carbocycles. The molecule has 1 aromatic carbocycles. The van der Waals surface area contributed by atoms with Crippen LogP contribution in [0.4, 0.5) is 4.39 Å². The summed E-state index contributed by atoms with van der Waals surface area (Å²) in [6.07, 6.45) is 0.461. The zero-order valence-corrected chi connectivity index (χ0v) is 10.2. The summed E-state index contributed by atoms with van der Waals surface area (Å²) in [5, 5.41) is 11.5. The van der Waals surface area contributed by atoms with Crippen molar-refractivity contribution in [1.82, 2.24) is 5.32 Å². The zero-order valence-electron chi connectivity index (χ0n) is 10.2. The predicted octanol–water partition coefficient (Wildman–Crippen LogP) is 2.56. The van der Waals surface area contributed by atoms with Gasteiger partial charge in [0.2, 0.25) is 0 Å². The maximum atomic E-state index is 13.7. The van der Waals surface area contributed by atoms with Gasteiger partial charge in [0.15, 0.2) is 0 Å². The highest BCUT2D eigenvalue weighted by atomic mass is 19.1. The minimum atomic E-state index is -0.965. The van der Waals surface area contributed by atoms with Gasteiger partial charge in [-0.2, -0.15) is 5.26 Å². The summed E-state index contributed by atoms with van der Waals surface area (Å²) in [5.74, 6) is -1.10. The number of amides is 1. The van der Waals surface area contributed by atoms with E-state index < -0.39 is 17.3 Å². The van der Waals surface area contributed by atoms with E-state index in [2.05, 4.69) is 5.32 Å². The van der Waals surface area contributed by atoms with Gasteiger partial charge in [0.05, 0.1) is 11.6 Å². The van der Waals surface area contributed by atoms with Gasteiger partial charge in [-0.1, -0.05) is 19.1 Å². The number of nitrogens with zero attached hydrogens (tertiary/aromatic N) is 1. The molecule has 3 nitrogen and oxygen atoms in total. The van der Waals surface area contributed by atoms with Crippen LogP contribution in [0.25, 0.3) is 0 Å². The first-order valence-corrected chi connectivity index (χ1v) is 5.42. The second-order valence-corrected chi connectivity index (χ2v) is 4.19. The summed E-state index contributed by atoms with van der Waals surface area (Å²) in [7, 11) is 0. The summed E-state index contributed by atoms with van der Waals surface area (Å²) in [6.45, 7) is 4.99. The Hall–Kier alpha value is -1.89. The van der Waals surface area contributed by atoms with Gasteiger partial charge in [0.25, 0.3) is 5.91 Å². The van der Waals surface area contributed by atoms with Crippen LogP contribution in [-0.4, -0.2) is 11.4 Å². The van der Waals surface area contributed by atoms with Crippen molar-refractivity contribution < 1.29 is 9.18 Å². The molecule has 1 unspecified atom stereocenters.